The first-order chi connectivity index (χ1) is 41.0. The molecule has 0 saturated carbocycles. The molecule has 0 aliphatic heterocycles. The van der Waals surface area contributed by atoms with Crippen molar-refractivity contribution < 1.29 is 28.6 Å². The van der Waals surface area contributed by atoms with Crippen LogP contribution in [0.15, 0.2) is 170 Å². The predicted molar refractivity (Wildman–Crippen MR) is 361 cm³/mol. The molecule has 0 aliphatic rings. The molecule has 0 bridgehead atoms. The van der Waals surface area contributed by atoms with E-state index in [4.69, 9.17) is 14.2 Å². The second-order valence-electron chi connectivity index (χ2n) is 21.6. The zero-order chi connectivity index (χ0) is 59.9. The summed E-state index contributed by atoms with van der Waals surface area (Å²) >= 11 is 0. The molecule has 0 rings (SSSR count). The standard InChI is InChI=1S/C77H122O6/c1-4-7-10-13-16-19-22-25-28-29-30-31-32-33-34-35-36-37-38-39-40-41-42-43-44-45-46-47-50-52-55-58-61-64-67-70-76(79)82-73-74(83-77(80)71-68-65-62-59-56-53-49-27-24-21-18-15-12-9-6-3)72-81-75(78)69-66-63-60-57-54-51-48-26-23-20-17-14-11-8-5-2/h7,9-10,12,16,18-19,21,25-28,30-31,33-34,36-37,39-40,42-43,45-46,48-50,52,74H,4-6,8,11,13-15,17,20,22-24,29,32,35,38,41,44,47,51,53-73H2,1-3H3/b10-7-,12-9-,19-16-,21-18-,28-25-,31-30-,34-33-,37-36-,40-39-,43-42-,46-45-,48-26-,49-27-,52-50-. The summed E-state index contributed by atoms with van der Waals surface area (Å²) in [6.07, 6.45) is 102. The third-order valence-electron chi connectivity index (χ3n) is 13.7. The molecule has 0 N–H and O–H groups in total. The summed E-state index contributed by atoms with van der Waals surface area (Å²) in [7, 11) is 0. The second-order valence-corrected chi connectivity index (χ2v) is 21.6. The topological polar surface area (TPSA) is 78.9 Å². The van der Waals surface area contributed by atoms with Gasteiger partial charge in [0, 0.05) is 19.3 Å². The van der Waals surface area contributed by atoms with Gasteiger partial charge < -0.3 is 14.2 Å². The van der Waals surface area contributed by atoms with Crippen molar-refractivity contribution in [1.82, 2.24) is 0 Å². The zero-order valence-electron chi connectivity index (χ0n) is 53.4. The first-order valence-electron chi connectivity index (χ1n) is 33.6. The highest BCUT2D eigenvalue weighted by Crippen LogP contribution is 2.14. The number of rotatable bonds is 59. The molecule has 0 fully saturated rings. The van der Waals surface area contributed by atoms with E-state index in [9.17, 15) is 14.4 Å². The summed E-state index contributed by atoms with van der Waals surface area (Å²) in [5.41, 5.74) is 0. The van der Waals surface area contributed by atoms with Crippen molar-refractivity contribution in [3.63, 3.8) is 0 Å². The third kappa shape index (κ3) is 67.4. The van der Waals surface area contributed by atoms with Crippen LogP contribution < -0.4 is 0 Å². The van der Waals surface area contributed by atoms with Gasteiger partial charge in [0.1, 0.15) is 13.2 Å². The minimum Gasteiger partial charge on any atom is -0.462 e. The van der Waals surface area contributed by atoms with Crippen LogP contribution in [0, 0.1) is 0 Å². The fourth-order valence-corrected chi connectivity index (χ4v) is 8.71. The third-order valence-corrected chi connectivity index (χ3v) is 13.7. The van der Waals surface area contributed by atoms with Crippen molar-refractivity contribution >= 4 is 17.9 Å². The highest BCUT2D eigenvalue weighted by atomic mass is 16.6. The summed E-state index contributed by atoms with van der Waals surface area (Å²) in [6, 6.07) is 0. The maximum absolute atomic E-state index is 12.9. The van der Waals surface area contributed by atoms with Gasteiger partial charge in [0.05, 0.1) is 0 Å². The Morgan fingerprint density at radius 3 is 0.747 bits per heavy atom. The average Bonchev–Trinajstić information content (AvgIpc) is 3.49. The molecule has 0 amide bonds. The smallest absolute Gasteiger partial charge is 0.306 e. The monoisotopic (exact) mass is 1140 g/mol. The van der Waals surface area contributed by atoms with Crippen LogP contribution in [0.3, 0.4) is 0 Å². The Hall–Kier alpha value is -5.23. The van der Waals surface area contributed by atoms with E-state index in [1.54, 1.807) is 0 Å². The molecular weight excluding hydrogens is 1020 g/mol. The number of carbonyl (C=O) groups excluding carboxylic acids is 3. The Kier molecular flexibility index (Phi) is 64.9. The quantitative estimate of drug-likeness (QED) is 0.0261. The van der Waals surface area contributed by atoms with Crippen molar-refractivity contribution in [3.8, 4) is 0 Å². The van der Waals surface area contributed by atoms with Crippen LogP contribution >= 0.6 is 0 Å². The summed E-state index contributed by atoms with van der Waals surface area (Å²) in [5.74, 6) is -0.957. The Morgan fingerprint density at radius 2 is 0.470 bits per heavy atom. The fraction of sp³-hybridized carbons (Fsp3) is 0.597. The van der Waals surface area contributed by atoms with Gasteiger partial charge in [-0.3, -0.25) is 14.4 Å². The van der Waals surface area contributed by atoms with E-state index in [1.165, 1.54) is 51.4 Å². The molecule has 0 aliphatic carbocycles. The lowest BCUT2D eigenvalue weighted by Crippen LogP contribution is -2.30. The van der Waals surface area contributed by atoms with Crippen molar-refractivity contribution in [1.29, 1.82) is 0 Å². The number of allylic oxidation sites excluding steroid dienone is 28. The minimum atomic E-state index is -0.810. The Balaban J connectivity index is 4.37. The predicted octanol–water partition coefficient (Wildman–Crippen LogP) is 23.4. The Labute approximate surface area is 511 Å². The van der Waals surface area contributed by atoms with E-state index in [2.05, 4.69) is 191 Å². The summed E-state index contributed by atoms with van der Waals surface area (Å²) in [5, 5.41) is 0. The first kappa shape index (κ1) is 77.8. The number of hydrogen-bond acceptors (Lipinski definition) is 6. The maximum atomic E-state index is 12.9. The molecule has 0 heterocycles. The van der Waals surface area contributed by atoms with Crippen LogP contribution in [0.25, 0.3) is 0 Å². The van der Waals surface area contributed by atoms with Crippen LogP contribution in [0.2, 0.25) is 0 Å². The van der Waals surface area contributed by atoms with E-state index in [0.29, 0.717) is 19.3 Å². The lowest BCUT2D eigenvalue weighted by atomic mass is 10.1. The summed E-state index contributed by atoms with van der Waals surface area (Å²) in [4.78, 5) is 38.3. The maximum Gasteiger partial charge on any atom is 0.306 e. The number of hydrogen-bond donors (Lipinski definition) is 0. The molecule has 0 saturated heterocycles. The van der Waals surface area contributed by atoms with Gasteiger partial charge >= 0.3 is 17.9 Å². The molecule has 83 heavy (non-hydrogen) atoms. The molecule has 0 aromatic carbocycles. The Bertz CT molecular complexity index is 1890. The number of ether oxygens (including phenoxy) is 3. The van der Waals surface area contributed by atoms with Gasteiger partial charge in [-0.05, 0) is 154 Å². The fourth-order valence-electron chi connectivity index (χ4n) is 8.71. The summed E-state index contributed by atoms with van der Waals surface area (Å²) in [6.45, 7) is 6.36. The average molecular weight is 1140 g/mol. The molecule has 1 unspecified atom stereocenters. The molecule has 6 nitrogen and oxygen atoms in total. The first-order valence-corrected chi connectivity index (χ1v) is 33.6. The second kappa shape index (κ2) is 69.3. The van der Waals surface area contributed by atoms with Gasteiger partial charge in [-0.25, -0.2) is 0 Å². The highest BCUT2D eigenvalue weighted by Gasteiger charge is 2.19. The molecular formula is C77H122O6. The minimum absolute atomic E-state index is 0.104. The van der Waals surface area contributed by atoms with Crippen molar-refractivity contribution in [3.05, 3.63) is 170 Å². The van der Waals surface area contributed by atoms with Crippen LogP contribution in [0.4, 0.5) is 0 Å². The molecule has 0 aromatic rings. The van der Waals surface area contributed by atoms with Crippen molar-refractivity contribution in [2.24, 2.45) is 0 Å². The van der Waals surface area contributed by atoms with Crippen LogP contribution in [-0.2, 0) is 28.6 Å². The molecule has 0 radical (unpaired) electrons. The van der Waals surface area contributed by atoms with Gasteiger partial charge in [-0.15, -0.1) is 0 Å². The van der Waals surface area contributed by atoms with Crippen LogP contribution in [-0.4, -0.2) is 37.2 Å². The number of carbonyl (C=O) groups is 3. The lowest BCUT2D eigenvalue weighted by Gasteiger charge is -2.18. The van der Waals surface area contributed by atoms with E-state index in [1.807, 2.05) is 0 Å². The largest absolute Gasteiger partial charge is 0.462 e. The Morgan fingerprint density at radius 1 is 0.253 bits per heavy atom. The van der Waals surface area contributed by atoms with E-state index < -0.39 is 6.10 Å². The molecule has 466 valence electrons. The van der Waals surface area contributed by atoms with Crippen molar-refractivity contribution in [2.45, 2.75) is 284 Å². The van der Waals surface area contributed by atoms with Crippen LogP contribution in [0.5, 0.6) is 0 Å². The zero-order valence-corrected chi connectivity index (χ0v) is 53.4. The van der Waals surface area contributed by atoms with Gasteiger partial charge in [0.2, 0.25) is 0 Å². The molecule has 0 aromatic heterocycles. The van der Waals surface area contributed by atoms with Gasteiger partial charge in [-0.1, -0.05) is 274 Å². The van der Waals surface area contributed by atoms with Gasteiger partial charge in [-0.2, -0.15) is 0 Å². The van der Waals surface area contributed by atoms with Gasteiger partial charge in [0.25, 0.3) is 0 Å². The molecule has 0 spiro atoms. The SMILES string of the molecule is CC/C=C\C/C=C\C/C=C\C/C=C\C/C=C\C/C=C\C/C=C\C/C=C\C/C=C\C/C=C\CCCCCCC(=O)OCC(COC(=O)CCCCCCC/C=C\CCCCCCCC)OC(=O)CCCCCCC/C=C\C/C=C\C/C=C\CC. The normalized spacial score (nSPS) is 13.2. The highest BCUT2D eigenvalue weighted by molar-refractivity contribution is 5.71. The van der Waals surface area contributed by atoms with Crippen molar-refractivity contribution in [2.75, 3.05) is 13.2 Å². The molecule has 6 heteroatoms. The van der Waals surface area contributed by atoms with E-state index >= 15 is 0 Å². The number of esters is 3. The lowest BCUT2D eigenvalue weighted by molar-refractivity contribution is -0.167. The van der Waals surface area contributed by atoms with E-state index in [-0.39, 0.29) is 31.1 Å². The number of unbranched alkanes of at least 4 members (excludes halogenated alkanes) is 20. The summed E-state index contributed by atoms with van der Waals surface area (Å²) < 4.78 is 16.9. The molecule has 1 atom stereocenters. The van der Waals surface area contributed by atoms with Gasteiger partial charge in [0.15, 0.2) is 6.10 Å². The van der Waals surface area contributed by atoms with Crippen LogP contribution in [0.1, 0.15) is 278 Å². The van der Waals surface area contributed by atoms with E-state index in [0.717, 1.165) is 186 Å².